The van der Waals surface area contributed by atoms with E-state index in [1.54, 1.807) is 0 Å². The molecule has 72 valence electrons. The average Bonchev–Trinajstić information content (AvgIpc) is 2.29. The number of carboxylic acids is 1. The van der Waals surface area contributed by atoms with Crippen LogP contribution in [-0.2, 0) is 6.18 Å². The molecule has 1 heterocycles. The normalized spacial score (nSPS) is 11.7. The van der Waals surface area contributed by atoms with E-state index in [9.17, 15) is 18.0 Å². The lowest BCUT2D eigenvalue weighted by molar-refractivity contribution is -0.135. The van der Waals surface area contributed by atoms with Crippen molar-refractivity contribution in [2.75, 3.05) is 0 Å². The molecule has 1 N–H and O–H groups in total. The molecular formula is C5HBrF3NO2S. The first-order valence-electron chi connectivity index (χ1n) is 2.79. The van der Waals surface area contributed by atoms with Crippen LogP contribution in [0.5, 0.6) is 0 Å². The first-order valence-corrected chi connectivity index (χ1v) is 4.40. The Balaban J connectivity index is 3.18. The van der Waals surface area contributed by atoms with E-state index in [4.69, 9.17) is 5.11 Å². The van der Waals surface area contributed by atoms with E-state index in [0.717, 1.165) is 0 Å². The van der Waals surface area contributed by atoms with Gasteiger partial charge < -0.3 is 5.11 Å². The van der Waals surface area contributed by atoms with Gasteiger partial charge in [0.05, 0.1) is 0 Å². The second kappa shape index (κ2) is 3.26. The Hall–Kier alpha value is -0.630. The van der Waals surface area contributed by atoms with E-state index in [1.165, 1.54) is 0 Å². The van der Waals surface area contributed by atoms with E-state index in [0.29, 0.717) is 0 Å². The van der Waals surface area contributed by atoms with Crippen molar-refractivity contribution in [3.63, 3.8) is 0 Å². The predicted molar refractivity (Wildman–Crippen MR) is 41.8 cm³/mol. The highest BCUT2D eigenvalue weighted by molar-refractivity contribution is 9.10. The van der Waals surface area contributed by atoms with Gasteiger partial charge in [0.25, 0.3) is 0 Å². The molecule has 0 aliphatic heterocycles. The van der Waals surface area contributed by atoms with Crippen molar-refractivity contribution >= 4 is 33.2 Å². The molecule has 0 unspecified atom stereocenters. The van der Waals surface area contributed by atoms with Crippen molar-refractivity contribution in [3.05, 3.63) is 14.5 Å². The van der Waals surface area contributed by atoms with Crippen molar-refractivity contribution in [2.24, 2.45) is 0 Å². The van der Waals surface area contributed by atoms with Gasteiger partial charge in [-0.15, -0.1) is 11.3 Å². The van der Waals surface area contributed by atoms with E-state index in [-0.39, 0.29) is 11.3 Å². The summed E-state index contributed by atoms with van der Waals surface area (Å²) < 4.78 is 35.7. The molecule has 0 aromatic carbocycles. The van der Waals surface area contributed by atoms with Crippen LogP contribution in [0.2, 0.25) is 0 Å². The third-order valence-electron chi connectivity index (χ3n) is 1.03. The molecule has 0 radical (unpaired) electrons. The number of thiazole rings is 1. The van der Waals surface area contributed by atoms with E-state index in [2.05, 4.69) is 20.9 Å². The second-order valence-corrected chi connectivity index (χ2v) is 3.69. The third-order valence-corrected chi connectivity index (χ3v) is 2.95. The first kappa shape index (κ1) is 10.5. The number of carbonyl (C=O) groups is 1. The van der Waals surface area contributed by atoms with Gasteiger partial charge in [-0.25, -0.2) is 9.78 Å². The number of carboxylic acid groups (broad SMARTS) is 1. The van der Waals surface area contributed by atoms with Crippen molar-refractivity contribution < 1.29 is 23.1 Å². The van der Waals surface area contributed by atoms with Crippen LogP contribution in [0.4, 0.5) is 13.2 Å². The molecule has 8 heteroatoms. The van der Waals surface area contributed by atoms with Crippen LogP contribution in [0, 0.1) is 0 Å². The van der Waals surface area contributed by atoms with Crippen LogP contribution in [-0.4, -0.2) is 16.1 Å². The van der Waals surface area contributed by atoms with E-state index >= 15 is 0 Å². The molecule has 13 heavy (non-hydrogen) atoms. The van der Waals surface area contributed by atoms with Gasteiger partial charge in [-0.3, -0.25) is 0 Å². The number of aromatic carboxylic acids is 1. The Kier molecular flexibility index (Phi) is 2.62. The molecule has 1 aromatic rings. The molecule has 0 saturated carbocycles. The molecule has 0 aliphatic rings. The highest BCUT2D eigenvalue weighted by Crippen LogP contribution is 2.38. The number of hydrogen-bond donors (Lipinski definition) is 1. The summed E-state index contributed by atoms with van der Waals surface area (Å²) in [5, 5.41) is 7.76. The largest absolute Gasteiger partial charge is 0.476 e. The Morgan fingerprint density at radius 3 is 2.31 bits per heavy atom. The highest BCUT2D eigenvalue weighted by atomic mass is 79.9. The number of aromatic nitrogens is 1. The summed E-state index contributed by atoms with van der Waals surface area (Å²) in [4.78, 5) is 12.4. The molecular weight excluding hydrogens is 275 g/mol. The first-order chi connectivity index (χ1) is 5.82. The molecule has 0 atom stereocenters. The zero-order chi connectivity index (χ0) is 10.2. The summed E-state index contributed by atoms with van der Waals surface area (Å²) in [6.45, 7) is 0. The van der Waals surface area contributed by atoms with Gasteiger partial charge in [-0.2, -0.15) is 13.2 Å². The molecule has 0 bridgehead atoms. The SMILES string of the molecule is O=C(O)c1nc(Br)c(C(F)(F)F)s1. The lowest BCUT2D eigenvalue weighted by atomic mass is 10.5. The molecule has 0 saturated heterocycles. The lowest BCUT2D eigenvalue weighted by Gasteiger charge is -2.00. The Morgan fingerprint density at radius 2 is 2.08 bits per heavy atom. The van der Waals surface area contributed by atoms with Crippen molar-refractivity contribution in [2.45, 2.75) is 6.18 Å². The molecule has 0 aliphatic carbocycles. The second-order valence-electron chi connectivity index (χ2n) is 1.94. The summed E-state index contributed by atoms with van der Waals surface area (Å²) in [5.41, 5.74) is 0. The van der Waals surface area contributed by atoms with Crippen molar-refractivity contribution in [3.8, 4) is 0 Å². The minimum absolute atomic E-state index is 0.0920. The van der Waals surface area contributed by atoms with E-state index < -0.39 is 26.6 Å². The number of hydrogen-bond acceptors (Lipinski definition) is 3. The monoisotopic (exact) mass is 275 g/mol. The number of nitrogens with zero attached hydrogens (tertiary/aromatic N) is 1. The Morgan fingerprint density at radius 1 is 1.54 bits per heavy atom. The van der Waals surface area contributed by atoms with Gasteiger partial charge in [-0.1, -0.05) is 0 Å². The van der Waals surface area contributed by atoms with Gasteiger partial charge >= 0.3 is 12.1 Å². The van der Waals surface area contributed by atoms with Crippen LogP contribution >= 0.6 is 27.3 Å². The lowest BCUT2D eigenvalue weighted by Crippen LogP contribution is -2.02. The topological polar surface area (TPSA) is 50.2 Å². The smallest absolute Gasteiger partial charge is 0.428 e. The standard InChI is InChI=1S/C5HBrF3NO2S/c6-2-1(5(7,8)9)13-3(10-2)4(11)12/h(H,11,12). The van der Waals surface area contributed by atoms with Gasteiger partial charge in [0.15, 0.2) is 0 Å². The maximum Gasteiger partial charge on any atom is 0.428 e. The molecule has 1 rings (SSSR count). The fraction of sp³-hybridized carbons (Fsp3) is 0.200. The third kappa shape index (κ3) is 2.19. The molecule has 0 fully saturated rings. The maximum atomic E-state index is 12.1. The maximum absolute atomic E-state index is 12.1. The number of alkyl halides is 3. The molecule has 1 aromatic heterocycles. The summed E-state index contributed by atoms with van der Waals surface area (Å²) in [5.74, 6) is -1.47. The van der Waals surface area contributed by atoms with Crippen LogP contribution < -0.4 is 0 Å². The van der Waals surface area contributed by atoms with Crippen molar-refractivity contribution in [1.29, 1.82) is 0 Å². The summed E-state index contributed by atoms with van der Waals surface area (Å²) in [6, 6.07) is 0. The predicted octanol–water partition coefficient (Wildman–Crippen LogP) is 2.62. The van der Waals surface area contributed by atoms with Gasteiger partial charge in [0.2, 0.25) is 5.01 Å². The van der Waals surface area contributed by atoms with Crippen LogP contribution in [0.25, 0.3) is 0 Å². The fourth-order valence-electron chi connectivity index (χ4n) is 0.568. The molecule has 0 amide bonds. The van der Waals surface area contributed by atoms with Gasteiger partial charge in [-0.05, 0) is 15.9 Å². The Labute approximate surface area is 82.3 Å². The van der Waals surface area contributed by atoms with Gasteiger partial charge in [0.1, 0.15) is 9.48 Å². The Bertz CT molecular complexity index is 348. The molecule has 3 nitrogen and oxygen atoms in total. The number of halogens is 4. The zero-order valence-electron chi connectivity index (χ0n) is 5.72. The van der Waals surface area contributed by atoms with Crippen molar-refractivity contribution in [1.82, 2.24) is 4.98 Å². The summed E-state index contributed by atoms with van der Waals surface area (Å²) in [6.07, 6.45) is -4.57. The highest BCUT2D eigenvalue weighted by Gasteiger charge is 2.37. The van der Waals surface area contributed by atoms with Gasteiger partial charge in [0, 0.05) is 0 Å². The summed E-state index contributed by atoms with van der Waals surface area (Å²) >= 11 is 2.63. The van der Waals surface area contributed by atoms with Crippen LogP contribution in [0.1, 0.15) is 14.7 Å². The zero-order valence-corrected chi connectivity index (χ0v) is 8.13. The minimum Gasteiger partial charge on any atom is -0.476 e. The average molecular weight is 276 g/mol. The number of rotatable bonds is 1. The summed E-state index contributed by atoms with van der Waals surface area (Å²) in [7, 11) is 0. The van der Waals surface area contributed by atoms with Crippen LogP contribution in [0.15, 0.2) is 4.60 Å². The quantitative estimate of drug-likeness (QED) is 0.857. The minimum atomic E-state index is -4.57. The molecule has 0 spiro atoms. The van der Waals surface area contributed by atoms with E-state index in [1.807, 2.05) is 0 Å². The van der Waals surface area contributed by atoms with Crippen LogP contribution in [0.3, 0.4) is 0 Å². The fourth-order valence-corrected chi connectivity index (χ4v) is 1.99.